The maximum absolute atomic E-state index is 9.01. The summed E-state index contributed by atoms with van der Waals surface area (Å²) >= 11 is 0. The normalized spacial score (nSPS) is 11.7. The highest BCUT2D eigenvalue weighted by Crippen LogP contribution is 2.11. The minimum atomic E-state index is -0.142. The number of benzene rings is 1. The summed E-state index contributed by atoms with van der Waals surface area (Å²) in [5, 5.41) is 9.01. The molecule has 0 unspecified atom stereocenters. The van der Waals surface area contributed by atoms with Gasteiger partial charge in [0.15, 0.2) is 0 Å². The molecule has 0 amide bonds. The second kappa shape index (κ2) is 5.85. The first-order chi connectivity index (χ1) is 7.14. The molecule has 0 saturated carbocycles. The van der Waals surface area contributed by atoms with Gasteiger partial charge in [-0.05, 0) is 5.56 Å². The van der Waals surface area contributed by atoms with Gasteiger partial charge >= 0.3 is 0 Å². The fourth-order valence-corrected chi connectivity index (χ4v) is 1.01. The summed E-state index contributed by atoms with van der Waals surface area (Å²) in [7, 11) is 0. The summed E-state index contributed by atoms with van der Waals surface area (Å²) in [5.41, 5.74) is 3.85. The van der Waals surface area contributed by atoms with E-state index < -0.39 is 0 Å². The number of aliphatic hydroxyl groups excluding tert-OH is 1. The van der Waals surface area contributed by atoms with Crippen molar-refractivity contribution in [2.24, 2.45) is 5.41 Å². The summed E-state index contributed by atoms with van der Waals surface area (Å²) in [6.07, 6.45) is 0. The van der Waals surface area contributed by atoms with Crippen molar-refractivity contribution in [1.82, 2.24) is 5.48 Å². The Balaban J connectivity index is 2.18. The van der Waals surface area contributed by atoms with E-state index in [9.17, 15) is 0 Å². The van der Waals surface area contributed by atoms with E-state index in [1.807, 2.05) is 44.2 Å². The maximum Gasteiger partial charge on any atom is 0.0933 e. The lowest BCUT2D eigenvalue weighted by molar-refractivity contribution is -0.000826. The van der Waals surface area contributed by atoms with Gasteiger partial charge in [-0.3, -0.25) is 4.84 Å². The molecule has 1 aromatic rings. The fraction of sp³-hybridized carbons (Fsp3) is 0.500. The highest BCUT2D eigenvalue weighted by Gasteiger charge is 2.15. The van der Waals surface area contributed by atoms with E-state index in [1.165, 1.54) is 0 Å². The summed E-state index contributed by atoms with van der Waals surface area (Å²) < 4.78 is 0. The van der Waals surface area contributed by atoms with E-state index in [0.717, 1.165) is 5.56 Å². The summed E-state index contributed by atoms with van der Waals surface area (Å²) in [6.45, 7) is 5.28. The zero-order valence-corrected chi connectivity index (χ0v) is 9.36. The largest absolute Gasteiger partial charge is 0.396 e. The molecule has 0 spiro atoms. The van der Waals surface area contributed by atoms with Crippen LogP contribution in [-0.2, 0) is 11.4 Å². The monoisotopic (exact) mass is 209 g/mol. The Bertz CT molecular complexity index is 272. The minimum Gasteiger partial charge on any atom is -0.396 e. The second-order valence-corrected chi connectivity index (χ2v) is 4.42. The van der Waals surface area contributed by atoms with E-state index >= 15 is 0 Å². The highest BCUT2D eigenvalue weighted by atomic mass is 16.6. The van der Waals surface area contributed by atoms with Crippen molar-refractivity contribution in [1.29, 1.82) is 0 Å². The van der Waals surface area contributed by atoms with Crippen molar-refractivity contribution >= 4 is 0 Å². The molecule has 0 aliphatic rings. The maximum atomic E-state index is 9.01. The molecule has 0 aliphatic heterocycles. The van der Waals surface area contributed by atoms with Gasteiger partial charge in [0.2, 0.25) is 0 Å². The zero-order chi connectivity index (χ0) is 11.1. The van der Waals surface area contributed by atoms with Crippen LogP contribution < -0.4 is 5.48 Å². The summed E-state index contributed by atoms with van der Waals surface area (Å²) in [5.74, 6) is 0. The third kappa shape index (κ3) is 4.93. The standard InChI is InChI=1S/C12H19NO2/c1-12(2,10-14)9-13-15-8-11-6-4-3-5-7-11/h3-7,13-14H,8-10H2,1-2H3. The molecular weight excluding hydrogens is 190 g/mol. The van der Waals surface area contributed by atoms with E-state index in [4.69, 9.17) is 9.94 Å². The molecule has 84 valence electrons. The lowest BCUT2D eigenvalue weighted by Gasteiger charge is -2.21. The van der Waals surface area contributed by atoms with Crippen LogP contribution in [0.1, 0.15) is 19.4 Å². The number of nitrogens with one attached hydrogen (secondary N) is 1. The van der Waals surface area contributed by atoms with Gasteiger partial charge in [0.05, 0.1) is 6.61 Å². The lowest BCUT2D eigenvalue weighted by atomic mass is 9.96. The summed E-state index contributed by atoms with van der Waals surface area (Å²) in [6, 6.07) is 9.97. The quantitative estimate of drug-likeness (QED) is 0.554. The van der Waals surface area contributed by atoms with Gasteiger partial charge in [0.1, 0.15) is 0 Å². The van der Waals surface area contributed by atoms with Crippen LogP contribution in [0.25, 0.3) is 0 Å². The molecule has 3 nitrogen and oxygen atoms in total. The molecule has 1 rings (SSSR count). The molecular formula is C12H19NO2. The van der Waals surface area contributed by atoms with Crippen LogP contribution in [0.15, 0.2) is 30.3 Å². The first-order valence-corrected chi connectivity index (χ1v) is 5.13. The molecule has 0 saturated heterocycles. The van der Waals surface area contributed by atoms with E-state index in [2.05, 4.69) is 5.48 Å². The number of rotatable bonds is 6. The Morgan fingerprint density at radius 1 is 1.27 bits per heavy atom. The summed E-state index contributed by atoms with van der Waals surface area (Å²) in [4.78, 5) is 5.30. The zero-order valence-electron chi connectivity index (χ0n) is 9.36. The Morgan fingerprint density at radius 2 is 1.93 bits per heavy atom. The number of aliphatic hydroxyl groups is 1. The molecule has 0 aromatic heterocycles. The first-order valence-electron chi connectivity index (χ1n) is 5.13. The van der Waals surface area contributed by atoms with Gasteiger partial charge in [0, 0.05) is 18.6 Å². The molecule has 0 bridgehead atoms. The van der Waals surface area contributed by atoms with Crippen molar-refractivity contribution in [2.75, 3.05) is 13.2 Å². The smallest absolute Gasteiger partial charge is 0.0933 e. The SMILES string of the molecule is CC(C)(CO)CNOCc1ccccc1. The second-order valence-electron chi connectivity index (χ2n) is 4.42. The van der Waals surface area contributed by atoms with Crippen molar-refractivity contribution in [3.63, 3.8) is 0 Å². The van der Waals surface area contributed by atoms with Gasteiger partial charge in [0.25, 0.3) is 0 Å². The van der Waals surface area contributed by atoms with Crippen LogP contribution in [0.2, 0.25) is 0 Å². The predicted molar refractivity (Wildman–Crippen MR) is 60.1 cm³/mol. The van der Waals surface area contributed by atoms with Gasteiger partial charge in [-0.1, -0.05) is 44.2 Å². The number of hydroxylamine groups is 1. The molecule has 3 heteroatoms. The van der Waals surface area contributed by atoms with Crippen molar-refractivity contribution in [2.45, 2.75) is 20.5 Å². The Morgan fingerprint density at radius 3 is 2.53 bits per heavy atom. The molecule has 15 heavy (non-hydrogen) atoms. The fourth-order valence-electron chi connectivity index (χ4n) is 1.01. The van der Waals surface area contributed by atoms with Crippen molar-refractivity contribution in [3.8, 4) is 0 Å². The molecule has 0 radical (unpaired) electrons. The minimum absolute atomic E-state index is 0.142. The Hall–Kier alpha value is -0.900. The van der Waals surface area contributed by atoms with E-state index in [0.29, 0.717) is 13.2 Å². The van der Waals surface area contributed by atoms with Gasteiger partial charge < -0.3 is 5.11 Å². The molecule has 0 atom stereocenters. The van der Waals surface area contributed by atoms with E-state index in [1.54, 1.807) is 0 Å². The first kappa shape index (κ1) is 12.2. The third-order valence-electron chi connectivity index (χ3n) is 2.16. The van der Waals surface area contributed by atoms with Crippen LogP contribution in [-0.4, -0.2) is 18.3 Å². The van der Waals surface area contributed by atoms with Crippen LogP contribution in [0, 0.1) is 5.41 Å². The topological polar surface area (TPSA) is 41.5 Å². The lowest BCUT2D eigenvalue weighted by Crippen LogP contribution is -2.32. The number of hydrogen-bond acceptors (Lipinski definition) is 3. The molecule has 2 N–H and O–H groups in total. The molecule has 0 aliphatic carbocycles. The predicted octanol–water partition coefficient (Wildman–Crippen LogP) is 1.73. The van der Waals surface area contributed by atoms with Crippen LogP contribution in [0.4, 0.5) is 0 Å². The molecule has 0 heterocycles. The highest BCUT2D eigenvalue weighted by molar-refractivity contribution is 5.13. The van der Waals surface area contributed by atoms with Crippen LogP contribution in [0.5, 0.6) is 0 Å². The van der Waals surface area contributed by atoms with Crippen LogP contribution in [0.3, 0.4) is 0 Å². The van der Waals surface area contributed by atoms with Crippen LogP contribution >= 0.6 is 0 Å². The van der Waals surface area contributed by atoms with Gasteiger partial charge in [-0.2, -0.15) is 0 Å². The molecule has 0 fully saturated rings. The Kier molecular flexibility index (Phi) is 4.75. The van der Waals surface area contributed by atoms with E-state index in [-0.39, 0.29) is 12.0 Å². The average molecular weight is 209 g/mol. The average Bonchev–Trinajstić information content (AvgIpc) is 2.26. The van der Waals surface area contributed by atoms with Gasteiger partial charge in [-0.25, -0.2) is 5.48 Å². The van der Waals surface area contributed by atoms with Gasteiger partial charge in [-0.15, -0.1) is 0 Å². The van der Waals surface area contributed by atoms with Crippen molar-refractivity contribution in [3.05, 3.63) is 35.9 Å². The Labute approximate surface area is 91.0 Å². The number of hydrogen-bond donors (Lipinski definition) is 2. The van der Waals surface area contributed by atoms with Crippen molar-refractivity contribution < 1.29 is 9.94 Å². The molecule has 1 aromatic carbocycles. The third-order valence-corrected chi connectivity index (χ3v) is 2.16.